The molecule has 6 rings (SSSR count). The largest absolute Gasteiger partial charge is 0.493 e. The number of aliphatic hydroxyl groups excluding tert-OH is 2. The molecule has 0 aliphatic carbocycles. The zero-order chi connectivity index (χ0) is 36.6. The highest BCUT2D eigenvalue weighted by molar-refractivity contribution is 6.31. The first-order chi connectivity index (χ1) is 25.2. The van der Waals surface area contributed by atoms with Crippen molar-refractivity contribution in [2.24, 2.45) is 0 Å². The Balaban J connectivity index is 1.23. The fourth-order valence-corrected chi connectivity index (χ4v) is 6.57. The number of likely N-dealkylation sites (tertiary alicyclic amines) is 1. The number of nitrogens with zero attached hydrogens (tertiary/aromatic N) is 6. The molecule has 5 aromatic rings. The Morgan fingerprint density at radius 3 is 2.77 bits per heavy atom. The number of aliphatic hydroxyl groups is 2. The van der Waals surface area contributed by atoms with E-state index in [-0.39, 0.29) is 25.8 Å². The molecular formula is C38H40ClN7O6. The molecule has 1 aliphatic rings. The molecule has 3 aromatic heterocycles. The molecular weight excluding hydrogens is 686 g/mol. The van der Waals surface area contributed by atoms with Gasteiger partial charge in [0, 0.05) is 66.3 Å². The molecule has 1 aliphatic heterocycles. The second-order valence-corrected chi connectivity index (χ2v) is 13.2. The third-order valence-corrected chi connectivity index (χ3v) is 9.48. The third kappa shape index (κ3) is 8.67. The number of carboxylic acids is 1. The van der Waals surface area contributed by atoms with E-state index in [1.54, 1.807) is 41.5 Å². The van der Waals surface area contributed by atoms with Crippen LogP contribution in [0, 0.1) is 18.3 Å². The summed E-state index contributed by atoms with van der Waals surface area (Å²) in [6.07, 6.45) is 8.07. The Morgan fingerprint density at radius 1 is 1.13 bits per heavy atom. The quantitative estimate of drug-likeness (QED) is 0.106. The summed E-state index contributed by atoms with van der Waals surface area (Å²) in [4.78, 5) is 22.6. The molecule has 1 saturated heterocycles. The topological polar surface area (TPSA) is 179 Å². The fourth-order valence-electron chi connectivity index (χ4n) is 6.32. The molecule has 0 amide bonds. The summed E-state index contributed by atoms with van der Waals surface area (Å²) in [5.74, 6) is 0.0648. The van der Waals surface area contributed by atoms with Gasteiger partial charge in [0.15, 0.2) is 5.65 Å². The van der Waals surface area contributed by atoms with E-state index < -0.39 is 18.6 Å². The second kappa shape index (κ2) is 16.9. The monoisotopic (exact) mass is 725 g/mol. The molecule has 2 atom stereocenters. The van der Waals surface area contributed by atoms with Crippen LogP contribution in [0.2, 0.25) is 5.02 Å². The molecule has 14 heteroatoms. The van der Waals surface area contributed by atoms with Crippen LogP contribution in [0.5, 0.6) is 11.5 Å². The molecule has 4 heterocycles. The molecule has 1 fully saturated rings. The van der Waals surface area contributed by atoms with Crippen molar-refractivity contribution in [2.75, 3.05) is 32.8 Å². The summed E-state index contributed by atoms with van der Waals surface area (Å²) >= 11 is 6.81. The molecule has 0 bridgehead atoms. The lowest BCUT2D eigenvalue weighted by Crippen LogP contribution is -2.39. The summed E-state index contributed by atoms with van der Waals surface area (Å²) in [6.45, 7) is 4.98. The Kier molecular flexibility index (Phi) is 12.0. The molecule has 4 N–H and O–H groups in total. The predicted molar refractivity (Wildman–Crippen MR) is 194 cm³/mol. The average molecular weight is 726 g/mol. The number of β-amino-alcohol motifs (C(OH)–C–C–N with tert-alkyl or cyclic N) is 1. The number of carboxylic acid groups (broad SMARTS) is 1. The van der Waals surface area contributed by atoms with Crippen LogP contribution in [0.4, 0.5) is 0 Å². The van der Waals surface area contributed by atoms with E-state index in [0.717, 1.165) is 60.3 Å². The van der Waals surface area contributed by atoms with Gasteiger partial charge in [-0.1, -0.05) is 23.7 Å². The highest BCUT2D eigenvalue weighted by atomic mass is 35.5. The van der Waals surface area contributed by atoms with Gasteiger partial charge in [0.25, 0.3) is 0 Å². The molecule has 0 unspecified atom stereocenters. The number of benzene rings is 2. The van der Waals surface area contributed by atoms with Crippen LogP contribution >= 0.6 is 11.6 Å². The smallest absolute Gasteiger partial charge is 0.323 e. The number of pyridine rings is 2. The molecule has 52 heavy (non-hydrogen) atoms. The third-order valence-electron chi connectivity index (χ3n) is 9.13. The van der Waals surface area contributed by atoms with Gasteiger partial charge in [0.2, 0.25) is 0 Å². The van der Waals surface area contributed by atoms with Gasteiger partial charge in [-0.25, -0.2) is 9.67 Å². The maximum absolute atomic E-state index is 11.5. The summed E-state index contributed by atoms with van der Waals surface area (Å²) in [5, 5.41) is 46.8. The van der Waals surface area contributed by atoms with Crippen molar-refractivity contribution in [3.05, 3.63) is 100 Å². The van der Waals surface area contributed by atoms with Crippen LogP contribution in [0.25, 0.3) is 22.2 Å². The van der Waals surface area contributed by atoms with Gasteiger partial charge >= 0.3 is 5.97 Å². The highest BCUT2D eigenvalue weighted by Gasteiger charge is 2.21. The standard InChI is InChI=1S/C38H40ClN7O6/c1-24-30(4-2-5-35(24)51-11-3-9-45-10-7-29(48)21-45)31-6-8-42-37-32(31)19-44-46(37)20-28-14-36(52-23-26-12-25(15-40)16-41-17-26)27(13-33(28)39)18-43-34(22-47)38(49)50/h2,4-6,8,12-14,16-17,19,29,34,43,47-48H,3,7,9-11,18,20-23H2,1H3,(H,49,50)/t29-,34+/m1/s1. The van der Waals surface area contributed by atoms with Gasteiger partial charge in [-0.15, -0.1) is 0 Å². The number of hydrogen-bond acceptors (Lipinski definition) is 11. The van der Waals surface area contributed by atoms with Crippen molar-refractivity contribution in [2.45, 2.75) is 51.6 Å². The maximum atomic E-state index is 11.5. The Labute approximate surface area is 306 Å². The lowest BCUT2D eigenvalue weighted by Gasteiger charge is -2.18. The van der Waals surface area contributed by atoms with Crippen LogP contribution in [-0.2, 0) is 24.5 Å². The predicted octanol–water partition coefficient (Wildman–Crippen LogP) is 4.32. The van der Waals surface area contributed by atoms with Gasteiger partial charge < -0.3 is 29.7 Å². The normalized spacial score (nSPS) is 15.1. The first-order valence-corrected chi connectivity index (χ1v) is 17.4. The Morgan fingerprint density at radius 2 is 2.00 bits per heavy atom. The van der Waals surface area contributed by atoms with E-state index in [0.29, 0.717) is 45.3 Å². The Bertz CT molecular complexity index is 2080. The van der Waals surface area contributed by atoms with Crippen molar-refractivity contribution >= 4 is 28.6 Å². The molecule has 0 spiro atoms. The summed E-state index contributed by atoms with van der Waals surface area (Å²) in [5.41, 5.74) is 5.98. The average Bonchev–Trinajstić information content (AvgIpc) is 3.76. The van der Waals surface area contributed by atoms with Crippen LogP contribution in [0.3, 0.4) is 0 Å². The van der Waals surface area contributed by atoms with Gasteiger partial charge in [-0.05, 0) is 72.4 Å². The Hall–Kier alpha value is -5.10. The molecule has 0 radical (unpaired) electrons. The minimum absolute atomic E-state index is 0.0592. The van der Waals surface area contributed by atoms with Crippen LogP contribution in [0.1, 0.15) is 40.7 Å². The zero-order valence-corrected chi connectivity index (χ0v) is 29.5. The van der Waals surface area contributed by atoms with Gasteiger partial charge in [-0.2, -0.15) is 10.4 Å². The fraction of sp³-hybridized carbons (Fsp3) is 0.342. The van der Waals surface area contributed by atoms with Crippen LogP contribution < -0.4 is 14.8 Å². The SMILES string of the molecule is Cc1c(OCCCN2CC[C@@H](O)C2)cccc1-c1ccnc2c1cnn2Cc1cc(OCc2cncc(C#N)c2)c(CN[C@@H](CO)C(=O)O)cc1Cl. The van der Waals surface area contributed by atoms with Crippen molar-refractivity contribution in [3.8, 4) is 28.7 Å². The lowest BCUT2D eigenvalue weighted by atomic mass is 9.98. The number of ether oxygens (including phenoxy) is 2. The number of carbonyl (C=O) groups is 1. The van der Waals surface area contributed by atoms with Crippen molar-refractivity contribution in [1.29, 1.82) is 5.26 Å². The number of halogens is 1. The van der Waals surface area contributed by atoms with E-state index in [1.807, 2.05) is 25.1 Å². The lowest BCUT2D eigenvalue weighted by molar-refractivity contribution is -0.140. The number of hydrogen-bond donors (Lipinski definition) is 4. The van der Waals surface area contributed by atoms with Crippen molar-refractivity contribution < 1.29 is 29.6 Å². The molecule has 270 valence electrons. The first kappa shape index (κ1) is 36.7. The van der Waals surface area contributed by atoms with Crippen LogP contribution in [0.15, 0.2) is 67.3 Å². The van der Waals surface area contributed by atoms with Gasteiger partial charge in [-0.3, -0.25) is 15.1 Å². The van der Waals surface area contributed by atoms with Gasteiger partial charge in [0.1, 0.15) is 30.2 Å². The number of aromatic nitrogens is 4. The number of nitriles is 1. The molecule has 13 nitrogen and oxygen atoms in total. The number of rotatable bonds is 16. The molecule has 2 aromatic carbocycles. The summed E-state index contributed by atoms with van der Waals surface area (Å²) < 4.78 is 14.2. The second-order valence-electron chi connectivity index (χ2n) is 12.8. The number of aliphatic carboxylic acids is 1. The number of fused-ring (bicyclic) bond motifs is 1. The van der Waals surface area contributed by atoms with E-state index in [4.69, 9.17) is 21.1 Å². The van der Waals surface area contributed by atoms with E-state index in [2.05, 4.69) is 37.4 Å². The minimum Gasteiger partial charge on any atom is -0.493 e. The van der Waals surface area contributed by atoms with E-state index in [1.165, 1.54) is 6.20 Å². The summed E-state index contributed by atoms with van der Waals surface area (Å²) in [7, 11) is 0. The van der Waals surface area contributed by atoms with Crippen molar-refractivity contribution in [3.63, 3.8) is 0 Å². The highest BCUT2D eigenvalue weighted by Crippen LogP contribution is 2.35. The first-order valence-electron chi connectivity index (χ1n) is 17.0. The minimum atomic E-state index is -1.19. The van der Waals surface area contributed by atoms with E-state index >= 15 is 0 Å². The van der Waals surface area contributed by atoms with Crippen molar-refractivity contribution in [1.82, 2.24) is 30.0 Å². The van der Waals surface area contributed by atoms with Crippen LogP contribution in [-0.4, -0.2) is 90.9 Å². The maximum Gasteiger partial charge on any atom is 0.323 e. The van der Waals surface area contributed by atoms with Gasteiger partial charge in [0.05, 0.1) is 37.6 Å². The summed E-state index contributed by atoms with van der Waals surface area (Å²) in [6, 6.07) is 14.0. The number of nitrogens with one attached hydrogen (secondary N) is 1. The zero-order valence-electron chi connectivity index (χ0n) is 28.7. The molecule has 0 saturated carbocycles. The van der Waals surface area contributed by atoms with E-state index in [9.17, 15) is 25.4 Å².